The Bertz CT molecular complexity index is 400. The van der Waals surface area contributed by atoms with E-state index in [0.717, 1.165) is 0 Å². The van der Waals surface area contributed by atoms with E-state index in [-0.39, 0.29) is 5.78 Å². The van der Waals surface area contributed by atoms with Gasteiger partial charge in [-0.1, -0.05) is 23.2 Å². The van der Waals surface area contributed by atoms with Gasteiger partial charge in [-0.15, -0.1) is 0 Å². The number of nitrogens with zero attached hydrogens (tertiary/aromatic N) is 1. The lowest BCUT2D eigenvalue weighted by atomic mass is 10.1. The second kappa shape index (κ2) is 5.19. The van der Waals surface area contributed by atoms with Gasteiger partial charge in [0.25, 0.3) is 0 Å². The summed E-state index contributed by atoms with van der Waals surface area (Å²) in [4.78, 5) is 13.4. The van der Waals surface area contributed by atoms with E-state index in [0.29, 0.717) is 15.6 Å². The van der Waals surface area contributed by atoms with Gasteiger partial charge in [0.1, 0.15) is 0 Å². The van der Waals surface area contributed by atoms with Crippen LogP contribution >= 0.6 is 23.2 Å². The zero-order valence-corrected chi connectivity index (χ0v) is 10.0. The third-order valence-electron chi connectivity index (χ3n) is 1.72. The first-order valence-electron chi connectivity index (χ1n) is 4.34. The summed E-state index contributed by atoms with van der Waals surface area (Å²) in [5.41, 5.74) is 0.419. The van der Waals surface area contributed by atoms with E-state index in [9.17, 15) is 4.79 Å². The molecule has 80 valence electrons. The van der Waals surface area contributed by atoms with E-state index in [2.05, 4.69) is 0 Å². The van der Waals surface area contributed by atoms with Crippen molar-refractivity contribution in [3.8, 4) is 0 Å². The summed E-state index contributed by atoms with van der Waals surface area (Å²) in [6.45, 7) is 0. The molecule has 0 spiro atoms. The maximum atomic E-state index is 11.7. The molecule has 0 amide bonds. The average Bonchev–Trinajstić information content (AvgIpc) is 2.18. The van der Waals surface area contributed by atoms with Crippen molar-refractivity contribution in [1.82, 2.24) is 4.90 Å². The molecule has 1 aromatic carbocycles. The molecule has 0 aliphatic carbocycles. The minimum Gasteiger partial charge on any atom is -0.383 e. The lowest BCUT2D eigenvalue weighted by molar-refractivity contribution is 0.104. The molecule has 0 N–H and O–H groups in total. The molecule has 0 atom stereocenters. The minimum atomic E-state index is -0.156. The predicted molar refractivity (Wildman–Crippen MR) is 63.6 cm³/mol. The number of benzene rings is 1. The molecule has 0 aromatic heterocycles. The Hall–Kier alpha value is -0.990. The molecule has 0 unspecified atom stereocenters. The molecule has 0 bridgehead atoms. The Morgan fingerprint density at radius 3 is 2.60 bits per heavy atom. The van der Waals surface area contributed by atoms with Crippen LogP contribution in [0, 0.1) is 0 Å². The lowest BCUT2D eigenvalue weighted by Crippen LogP contribution is -2.03. The first kappa shape index (κ1) is 12.1. The van der Waals surface area contributed by atoms with E-state index in [1.54, 1.807) is 29.3 Å². The normalized spacial score (nSPS) is 10.7. The Morgan fingerprint density at radius 2 is 2.00 bits per heavy atom. The number of hydrogen-bond donors (Lipinski definition) is 0. The van der Waals surface area contributed by atoms with E-state index in [1.165, 1.54) is 6.08 Å². The molecule has 0 heterocycles. The van der Waals surface area contributed by atoms with Gasteiger partial charge in [-0.25, -0.2) is 0 Å². The quantitative estimate of drug-likeness (QED) is 0.600. The van der Waals surface area contributed by atoms with Crippen molar-refractivity contribution < 1.29 is 4.79 Å². The Morgan fingerprint density at radius 1 is 1.33 bits per heavy atom. The summed E-state index contributed by atoms with van der Waals surface area (Å²) in [6, 6.07) is 4.82. The maximum absolute atomic E-state index is 11.7. The number of ketones is 1. The highest BCUT2D eigenvalue weighted by Gasteiger charge is 2.07. The summed E-state index contributed by atoms with van der Waals surface area (Å²) in [6.07, 6.45) is 3.12. The highest BCUT2D eigenvalue weighted by molar-refractivity contribution is 6.36. The number of halogens is 2. The van der Waals surface area contributed by atoms with Crippen molar-refractivity contribution in [2.75, 3.05) is 14.1 Å². The molecular formula is C11H11Cl2NO. The standard InChI is InChI=1S/C11H11Cl2NO/c1-14(2)6-5-11(15)9-7-8(12)3-4-10(9)13/h3-7H,1-2H3. The fourth-order valence-corrected chi connectivity index (χ4v) is 1.38. The van der Waals surface area contributed by atoms with Gasteiger partial charge in [-0.2, -0.15) is 0 Å². The van der Waals surface area contributed by atoms with Gasteiger partial charge in [0, 0.05) is 37.0 Å². The van der Waals surface area contributed by atoms with Crippen molar-refractivity contribution in [2.24, 2.45) is 0 Å². The molecule has 1 rings (SSSR count). The highest BCUT2D eigenvalue weighted by Crippen LogP contribution is 2.21. The van der Waals surface area contributed by atoms with Crippen LogP contribution in [0.25, 0.3) is 0 Å². The van der Waals surface area contributed by atoms with Gasteiger partial charge in [0.2, 0.25) is 0 Å². The lowest BCUT2D eigenvalue weighted by Gasteiger charge is -2.04. The summed E-state index contributed by atoms with van der Waals surface area (Å²) in [7, 11) is 3.67. The number of rotatable bonds is 3. The monoisotopic (exact) mass is 243 g/mol. The van der Waals surface area contributed by atoms with Crippen LogP contribution in [0.15, 0.2) is 30.5 Å². The van der Waals surface area contributed by atoms with Crippen molar-refractivity contribution in [2.45, 2.75) is 0 Å². The van der Waals surface area contributed by atoms with Crippen molar-refractivity contribution in [1.29, 1.82) is 0 Å². The third-order valence-corrected chi connectivity index (χ3v) is 2.28. The number of carbonyl (C=O) groups excluding carboxylic acids is 1. The Kier molecular flexibility index (Phi) is 4.18. The van der Waals surface area contributed by atoms with Gasteiger partial charge in [0.05, 0.1) is 5.02 Å². The van der Waals surface area contributed by atoms with E-state index < -0.39 is 0 Å². The van der Waals surface area contributed by atoms with Crippen LogP contribution < -0.4 is 0 Å². The molecule has 0 radical (unpaired) electrons. The Balaban J connectivity index is 2.96. The third kappa shape index (κ3) is 3.57. The molecule has 0 fully saturated rings. The number of carbonyl (C=O) groups is 1. The fourth-order valence-electron chi connectivity index (χ4n) is 0.993. The van der Waals surface area contributed by atoms with Gasteiger partial charge in [-0.3, -0.25) is 4.79 Å². The van der Waals surface area contributed by atoms with Crippen LogP contribution in [0.4, 0.5) is 0 Å². The molecule has 0 saturated carbocycles. The fraction of sp³-hybridized carbons (Fsp3) is 0.182. The molecule has 0 aliphatic rings. The molecule has 2 nitrogen and oxygen atoms in total. The van der Waals surface area contributed by atoms with Crippen LogP contribution in [-0.2, 0) is 0 Å². The van der Waals surface area contributed by atoms with Gasteiger partial charge in [0.15, 0.2) is 5.78 Å². The zero-order valence-electron chi connectivity index (χ0n) is 8.50. The zero-order chi connectivity index (χ0) is 11.4. The van der Waals surface area contributed by atoms with Crippen molar-refractivity contribution in [3.63, 3.8) is 0 Å². The van der Waals surface area contributed by atoms with Crippen molar-refractivity contribution in [3.05, 3.63) is 46.1 Å². The van der Waals surface area contributed by atoms with Crippen LogP contribution in [0.2, 0.25) is 10.0 Å². The molecular weight excluding hydrogens is 233 g/mol. The van der Waals surface area contributed by atoms with Crippen LogP contribution in [0.5, 0.6) is 0 Å². The molecule has 0 saturated heterocycles. The van der Waals surface area contributed by atoms with Crippen LogP contribution in [0.1, 0.15) is 10.4 Å². The van der Waals surface area contributed by atoms with Gasteiger partial charge in [-0.05, 0) is 18.2 Å². The number of hydrogen-bond acceptors (Lipinski definition) is 2. The summed E-state index contributed by atoms with van der Waals surface area (Å²) < 4.78 is 0. The molecule has 4 heteroatoms. The van der Waals surface area contributed by atoms with E-state index in [1.807, 2.05) is 14.1 Å². The smallest absolute Gasteiger partial charge is 0.188 e. The van der Waals surface area contributed by atoms with Gasteiger partial charge >= 0.3 is 0 Å². The maximum Gasteiger partial charge on any atom is 0.188 e. The van der Waals surface area contributed by atoms with Gasteiger partial charge < -0.3 is 4.90 Å². The summed E-state index contributed by atoms with van der Waals surface area (Å²) in [5, 5.41) is 0.911. The largest absolute Gasteiger partial charge is 0.383 e. The second-order valence-electron chi connectivity index (χ2n) is 3.27. The topological polar surface area (TPSA) is 20.3 Å². The summed E-state index contributed by atoms with van der Waals surface area (Å²) in [5.74, 6) is -0.156. The van der Waals surface area contributed by atoms with Crippen molar-refractivity contribution >= 4 is 29.0 Å². The first-order chi connectivity index (χ1) is 7.00. The van der Waals surface area contributed by atoms with E-state index >= 15 is 0 Å². The second-order valence-corrected chi connectivity index (χ2v) is 4.11. The minimum absolute atomic E-state index is 0.156. The average molecular weight is 244 g/mol. The SMILES string of the molecule is CN(C)C=CC(=O)c1cc(Cl)ccc1Cl. The number of allylic oxidation sites excluding steroid dienone is 1. The molecule has 0 aliphatic heterocycles. The summed E-state index contributed by atoms with van der Waals surface area (Å²) >= 11 is 11.7. The van der Waals surface area contributed by atoms with Crippen LogP contribution in [-0.4, -0.2) is 24.8 Å². The van der Waals surface area contributed by atoms with E-state index in [4.69, 9.17) is 23.2 Å². The Labute approximate surface area is 99.1 Å². The van der Waals surface area contributed by atoms with Crippen LogP contribution in [0.3, 0.4) is 0 Å². The molecule has 1 aromatic rings. The molecule has 15 heavy (non-hydrogen) atoms. The highest BCUT2D eigenvalue weighted by atomic mass is 35.5. The first-order valence-corrected chi connectivity index (χ1v) is 5.10. The predicted octanol–water partition coefficient (Wildman–Crippen LogP) is 3.25.